The molecule has 5 nitrogen and oxygen atoms in total. The molecule has 0 spiro atoms. The number of ether oxygens (including phenoxy) is 1. The Kier molecular flexibility index (Phi) is 10.9. The first-order chi connectivity index (χ1) is 12.6. The SMILES string of the molecule is CN(CC(c1cccs1)N1CCOCC1)C(=O)CCc1ccccc1N.Cl.Cl. The molecule has 1 aliphatic heterocycles. The van der Waals surface area contributed by atoms with Crippen LogP contribution in [0.15, 0.2) is 41.8 Å². The summed E-state index contributed by atoms with van der Waals surface area (Å²) in [5, 5.41) is 2.10. The number of nitrogens with zero attached hydrogens (tertiary/aromatic N) is 2. The van der Waals surface area contributed by atoms with Crippen LogP contribution in [0, 0.1) is 0 Å². The number of likely N-dealkylation sites (N-methyl/N-ethyl adjacent to an activating group) is 1. The molecule has 2 aromatic rings. The molecular weight excluding hydrogens is 417 g/mol. The lowest BCUT2D eigenvalue weighted by Gasteiger charge is -2.36. The lowest BCUT2D eigenvalue weighted by atomic mass is 10.1. The van der Waals surface area contributed by atoms with E-state index in [1.54, 1.807) is 11.3 Å². The fourth-order valence-electron chi connectivity index (χ4n) is 3.31. The Bertz CT molecular complexity index is 709. The number of hydrogen-bond donors (Lipinski definition) is 1. The summed E-state index contributed by atoms with van der Waals surface area (Å²) in [4.78, 5) is 18.3. The van der Waals surface area contributed by atoms with Gasteiger partial charge in [0.05, 0.1) is 19.3 Å². The molecular formula is C20H29Cl2N3O2S. The van der Waals surface area contributed by atoms with Crippen molar-refractivity contribution in [2.45, 2.75) is 18.9 Å². The van der Waals surface area contributed by atoms with Crippen LogP contribution in [-0.4, -0.2) is 55.6 Å². The Morgan fingerprint density at radius 1 is 1.21 bits per heavy atom. The molecule has 0 saturated carbocycles. The molecule has 1 atom stereocenters. The summed E-state index contributed by atoms with van der Waals surface area (Å²) in [5.74, 6) is 0.156. The van der Waals surface area contributed by atoms with Crippen molar-refractivity contribution in [3.8, 4) is 0 Å². The van der Waals surface area contributed by atoms with Gasteiger partial charge in [0.1, 0.15) is 0 Å². The molecule has 1 aromatic heterocycles. The van der Waals surface area contributed by atoms with E-state index in [1.807, 2.05) is 36.2 Å². The summed E-state index contributed by atoms with van der Waals surface area (Å²) in [7, 11) is 1.90. The average Bonchev–Trinajstić information content (AvgIpc) is 3.20. The van der Waals surface area contributed by atoms with Gasteiger partial charge in [0.25, 0.3) is 0 Å². The fraction of sp³-hybridized carbons (Fsp3) is 0.450. The quantitative estimate of drug-likeness (QED) is 0.660. The maximum atomic E-state index is 12.7. The Hall–Kier alpha value is -1.31. The van der Waals surface area contributed by atoms with Crippen LogP contribution in [0.1, 0.15) is 22.9 Å². The number of morpholine rings is 1. The van der Waals surface area contributed by atoms with E-state index in [-0.39, 0.29) is 36.8 Å². The Morgan fingerprint density at radius 3 is 2.57 bits per heavy atom. The highest BCUT2D eigenvalue weighted by molar-refractivity contribution is 7.10. The Labute approximate surface area is 183 Å². The van der Waals surface area contributed by atoms with Crippen molar-refractivity contribution < 1.29 is 9.53 Å². The van der Waals surface area contributed by atoms with E-state index in [2.05, 4.69) is 22.4 Å². The van der Waals surface area contributed by atoms with Crippen molar-refractivity contribution in [1.29, 1.82) is 0 Å². The molecule has 0 radical (unpaired) electrons. The maximum absolute atomic E-state index is 12.7. The summed E-state index contributed by atoms with van der Waals surface area (Å²) < 4.78 is 5.49. The first-order valence-corrected chi connectivity index (χ1v) is 9.95. The van der Waals surface area contributed by atoms with Crippen molar-refractivity contribution >= 4 is 47.7 Å². The molecule has 1 amide bonds. The van der Waals surface area contributed by atoms with Gasteiger partial charge in [-0.25, -0.2) is 0 Å². The summed E-state index contributed by atoms with van der Waals surface area (Å²) in [5.41, 5.74) is 7.78. The van der Waals surface area contributed by atoms with Crippen LogP contribution in [0.3, 0.4) is 0 Å². The van der Waals surface area contributed by atoms with E-state index < -0.39 is 0 Å². The van der Waals surface area contributed by atoms with Crippen LogP contribution in [0.4, 0.5) is 5.69 Å². The third kappa shape index (κ3) is 6.64. The van der Waals surface area contributed by atoms with Crippen molar-refractivity contribution in [3.05, 3.63) is 52.2 Å². The van der Waals surface area contributed by atoms with Gasteiger partial charge in [-0.05, 0) is 29.5 Å². The number of hydrogen-bond acceptors (Lipinski definition) is 5. The lowest BCUT2D eigenvalue weighted by Crippen LogP contribution is -2.44. The summed E-state index contributed by atoms with van der Waals surface area (Å²) >= 11 is 1.75. The molecule has 1 saturated heterocycles. The molecule has 2 heterocycles. The predicted molar refractivity (Wildman–Crippen MR) is 121 cm³/mol. The van der Waals surface area contributed by atoms with E-state index in [4.69, 9.17) is 10.5 Å². The van der Waals surface area contributed by atoms with Crippen LogP contribution < -0.4 is 5.73 Å². The standard InChI is InChI=1S/C20H27N3O2S.2ClH/c1-22(20(24)9-8-16-5-2-3-6-17(16)21)15-18(19-7-4-14-26-19)23-10-12-25-13-11-23;;/h2-7,14,18H,8-13,15,21H2,1H3;2*1H. The molecule has 1 unspecified atom stereocenters. The summed E-state index contributed by atoms with van der Waals surface area (Å²) in [6.45, 7) is 4.03. The van der Waals surface area contributed by atoms with Crippen LogP contribution in [0.25, 0.3) is 0 Å². The monoisotopic (exact) mass is 445 g/mol. The van der Waals surface area contributed by atoms with E-state index in [9.17, 15) is 4.79 Å². The highest BCUT2D eigenvalue weighted by atomic mass is 35.5. The number of anilines is 1. The highest BCUT2D eigenvalue weighted by Gasteiger charge is 2.26. The first-order valence-electron chi connectivity index (χ1n) is 9.07. The van der Waals surface area contributed by atoms with Crippen molar-refractivity contribution in [2.24, 2.45) is 0 Å². The molecule has 8 heteroatoms. The maximum Gasteiger partial charge on any atom is 0.222 e. The van der Waals surface area contributed by atoms with Crippen molar-refractivity contribution in [1.82, 2.24) is 9.80 Å². The number of amides is 1. The van der Waals surface area contributed by atoms with Gasteiger partial charge < -0.3 is 15.4 Å². The van der Waals surface area contributed by atoms with E-state index >= 15 is 0 Å². The van der Waals surface area contributed by atoms with Crippen LogP contribution in [0.2, 0.25) is 0 Å². The number of carbonyl (C=O) groups excluding carboxylic acids is 1. The van der Waals surface area contributed by atoms with E-state index in [0.717, 1.165) is 37.6 Å². The van der Waals surface area contributed by atoms with Gasteiger partial charge in [-0.3, -0.25) is 9.69 Å². The second kappa shape index (κ2) is 12.3. The van der Waals surface area contributed by atoms with Crippen LogP contribution >= 0.6 is 36.2 Å². The first kappa shape index (κ1) is 24.7. The third-order valence-corrected chi connectivity index (χ3v) is 5.87. The topological polar surface area (TPSA) is 58.8 Å². The normalized spacial score (nSPS) is 15.2. The van der Waals surface area contributed by atoms with E-state index in [1.165, 1.54) is 4.88 Å². The van der Waals surface area contributed by atoms with E-state index in [0.29, 0.717) is 19.4 Å². The summed E-state index contributed by atoms with van der Waals surface area (Å²) in [6, 6.07) is 12.2. The molecule has 28 heavy (non-hydrogen) atoms. The Balaban J connectivity index is 0.00000196. The zero-order valence-electron chi connectivity index (χ0n) is 16.1. The number of aryl methyl sites for hydroxylation is 1. The number of thiophene rings is 1. The highest BCUT2D eigenvalue weighted by Crippen LogP contribution is 2.27. The summed E-state index contributed by atoms with van der Waals surface area (Å²) in [6.07, 6.45) is 1.15. The molecule has 3 rings (SSSR count). The van der Waals surface area contributed by atoms with Gasteiger partial charge in [0.15, 0.2) is 0 Å². The number of benzene rings is 1. The fourth-order valence-corrected chi connectivity index (χ4v) is 4.16. The largest absolute Gasteiger partial charge is 0.399 e. The second-order valence-corrected chi connectivity index (χ2v) is 7.63. The number of carbonyl (C=O) groups is 1. The average molecular weight is 446 g/mol. The predicted octanol–water partition coefficient (Wildman–Crippen LogP) is 3.64. The van der Waals surface area contributed by atoms with Crippen LogP contribution in [0.5, 0.6) is 0 Å². The van der Waals surface area contributed by atoms with Crippen LogP contribution in [-0.2, 0) is 16.0 Å². The molecule has 1 aromatic carbocycles. The van der Waals surface area contributed by atoms with Gasteiger partial charge >= 0.3 is 0 Å². The molecule has 2 N–H and O–H groups in total. The molecule has 1 fully saturated rings. The number of nitrogens with two attached hydrogens (primary N) is 1. The molecule has 156 valence electrons. The zero-order valence-corrected chi connectivity index (χ0v) is 18.5. The minimum absolute atomic E-state index is 0. The zero-order chi connectivity index (χ0) is 18.4. The van der Waals surface area contributed by atoms with Gasteiger partial charge in [-0.15, -0.1) is 36.2 Å². The van der Waals surface area contributed by atoms with Gasteiger partial charge in [-0.1, -0.05) is 24.3 Å². The minimum Gasteiger partial charge on any atom is -0.399 e. The number of halogens is 2. The molecule has 0 bridgehead atoms. The van der Waals surface area contributed by atoms with Gasteiger partial charge in [0, 0.05) is 43.7 Å². The Morgan fingerprint density at radius 2 is 1.93 bits per heavy atom. The lowest BCUT2D eigenvalue weighted by molar-refractivity contribution is -0.130. The number of rotatable bonds is 7. The van der Waals surface area contributed by atoms with Gasteiger partial charge in [0.2, 0.25) is 5.91 Å². The second-order valence-electron chi connectivity index (χ2n) is 6.65. The third-order valence-electron chi connectivity index (χ3n) is 4.89. The molecule has 1 aliphatic rings. The number of para-hydroxylation sites is 1. The van der Waals surface area contributed by atoms with Crippen molar-refractivity contribution in [2.75, 3.05) is 45.6 Å². The number of nitrogen functional groups attached to an aromatic ring is 1. The van der Waals surface area contributed by atoms with Gasteiger partial charge in [-0.2, -0.15) is 0 Å². The molecule has 0 aliphatic carbocycles. The smallest absolute Gasteiger partial charge is 0.222 e. The van der Waals surface area contributed by atoms with Crippen molar-refractivity contribution in [3.63, 3.8) is 0 Å². The minimum atomic E-state index is 0.